The van der Waals surface area contributed by atoms with E-state index >= 15 is 0 Å². The summed E-state index contributed by atoms with van der Waals surface area (Å²) in [5.41, 5.74) is 5.36. The Morgan fingerprint density at radius 2 is 2.05 bits per heavy atom. The predicted molar refractivity (Wildman–Crippen MR) is 85.1 cm³/mol. The van der Waals surface area contributed by atoms with Crippen molar-refractivity contribution in [1.82, 2.24) is 5.32 Å². The van der Waals surface area contributed by atoms with E-state index in [1.165, 1.54) is 36.0 Å². The van der Waals surface area contributed by atoms with Crippen LogP contribution >= 0.6 is 11.6 Å². The monoisotopic (exact) mass is 285 g/mol. The Balaban J connectivity index is 1.71. The smallest absolute Gasteiger partial charge is 0.0438 e. The number of hydrogen-bond donors (Lipinski definition) is 1. The van der Waals surface area contributed by atoms with E-state index in [0.717, 1.165) is 17.1 Å². The molecule has 2 heteroatoms. The first-order valence-electron chi connectivity index (χ1n) is 7.30. The standard InChI is InChI=1S/C18H20ClN/c1-13-9-10-14(11-17(13)19)12-20-18-8-4-6-15-5-2-3-7-16(15)18/h2-3,5,7,9-11,18,20H,4,6,8,12H2,1H3. The van der Waals surface area contributed by atoms with E-state index in [9.17, 15) is 0 Å². The van der Waals surface area contributed by atoms with E-state index in [2.05, 4.69) is 47.8 Å². The third kappa shape index (κ3) is 2.89. The van der Waals surface area contributed by atoms with Crippen molar-refractivity contribution in [3.05, 3.63) is 69.7 Å². The van der Waals surface area contributed by atoms with Crippen molar-refractivity contribution in [2.75, 3.05) is 0 Å². The summed E-state index contributed by atoms with van der Waals surface area (Å²) in [6.45, 7) is 2.91. The van der Waals surface area contributed by atoms with E-state index in [4.69, 9.17) is 11.6 Å². The third-order valence-electron chi connectivity index (χ3n) is 4.16. The molecule has 0 spiro atoms. The lowest BCUT2D eigenvalue weighted by Crippen LogP contribution is -2.24. The van der Waals surface area contributed by atoms with Gasteiger partial charge in [-0.25, -0.2) is 0 Å². The molecule has 1 aliphatic carbocycles. The van der Waals surface area contributed by atoms with Gasteiger partial charge in [0.1, 0.15) is 0 Å². The maximum absolute atomic E-state index is 6.19. The van der Waals surface area contributed by atoms with Crippen LogP contribution in [-0.2, 0) is 13.0 Å². The number of fused-ring (bicyclic) bond motifs is 1. The van der Waals surface area contributed by atoms with Crippen molar-refractivity contribution >= 4 is 11.6 Å². The van der Waals surface area contributed by atoms with Crippen LogP contribution in [-0.4, -0.2) is 0 Å². The molecule has 1 nitrogen and oxygen atoms in total. The average Bonchev–Trinajstić information content (AvgIpc) is 2.48. The lowest BCUT2D eigenvalue weighted by Gasteiger charge is -2.26. The maximum Gasteiger partial charge on any atom is 0.0438 e. The lowest BCUT2D eigenvalue weighted by molar-refractivity contribution is 0.459. The quantitative estimate of drug-likeness (QED) is 0.853. The molecule has 2 aromatic carbocycles. The zero-order chi connectivity index (χ0) is 13.9. The van der Waals surface area contributed by atoms with Gasteiger partial charge in [-0.2, -0.15) is 0 Å². The Morgan fingerprint density at radius 1 is 1.20 bits per heavy atom. The van der Waals surface area contributed by atoms with Gasteiger partial charge in [0, 0.05) is 17.6 Å². The predicted octanol–water partition coefficient (Wildman–Crippen LogP) is 4.82. The summed E-state index contributed by atoms with van der Waals surface area (Å²) >= 11 is 6.19. The van der Waals surface area contributed by atoms with Crippen LogP contribution in [0.3, 0.4) is 0 Å². The van der Waals surface area contributed by atoms with Gasteiger partial charge in [0.15, 0.2) is 0 Å². The molecule has 1 unspecified atom stereocenters. The zero-order valence-corrected chi connectivity index (χ0v) is 12.6. The average molecular weight is 286 g/mol. The Bertz CT molecular complexity index is 606. The van der Waals surface area contributed by atoms with E-state index in [1.807, 2.05) is 6.92 Å². The van der Waals surface area contributed by atoms with Crippen molar-refractivity contribution in [1.29, 1.82) is 0 Å². The van der Waals surface area contributed by atoms with Crippen LogP contribution in [0.5, 0.6) is 0 Å². The molecule has 0 radical (unpaired) electrons. The van der Waals surface area contributed by atoms with Crippen LogP contribution in [0, 0.1) is 6.92 Å². The molecule has 0 amide bonds. The van der Waals surface area contributed by atoms with Crippen molar-refractivity contribution in [2.24, 2.45) is 0 Å². The molecule has 104 valence electrons. The van der Waals surface area contributed by atoms with Gasteiger partial charge in [0.25, 0.3) is 0 Å². The molecule has 0 aromatic heterocycles. The summed E-state index contributed by atoms with van der Waals surface area (Å²) in [5, 5.41) is 4.54. The van der Waals surface area contributed by atoms with Gasteiger partial charge in [-0.3, -0.25) is 0 Å². The van der Waals surface area contributed by atoms with Gasteiger partial charge in [-0.15, -0.1) is 0 Å². The molecule has 2 aromatic rings. The van der Waals surface area contributed by atoms with Gasteiger partial charge >= 0.3 is 0 Å². The van der Waals surface area contributed by atoms with Gasteiger partial charge in [0.2, 0.25) is 0 Å². The Morgan fingerprint density at radius 3 is 2.90 bits per heavy atom. The Labute approximate surface area is 126 Å². The minimum atomic E-state index is 0.472. The van der Waals surface area contributed by atoms with E-state index in [0.29, 0.717) is 6.04 Å². The fourth-order valence-corrected chi connectivity index (χ4v) is 3.16. The van der Waals surface area contributed by atoms with Gasteiger partial charge in [0.05, 0.1) is 0 Å². The Hall–Kier alpha value is -1.31. The SMILES string of the molecule is Cc1ccc(CNC2CCCc3ccccc32)cc1Cl. The molecule has 0 fully saturated rings. The zero-order valence-electron chi connectivity index (χ0n) is 11.8. The van der Waals surface area contributed by atoms with Crippen LogP contribution < -0.4 is 5.32 Å². The number of nitrogens with one attached hydrogen (secondary N) is 1. The number of benzene rings is 2. The van der Waals surface area contributed by atoms with E-state index in [-0.39, 0.29) is 0 Å². The lowest BCUT2D eigenvalue weighted by atomic mass is 9.87. The molecule has 0 saturated carbocycles. The second kappa shape index (κ2) is 5.99. The minimum absolute atomic E-state index is 0.472. The fourth-order valence-electron chi connectivity index (χ4n) is 2.95. The second-order valence-electron chi connectivity index (χ2n) is 5.61. The summed E-state index contributed by atoms with van der Waals surface area (Å²) in [6, 6.07) is 15.6. The summed E-state index contributed by atoms with van der Waals surface area (Å²) in [7, 11) is 0. The Kier molecular flexibility index (Phi) is 4.09. The van der Waals surface area contributed by atoms with Gasteiger partial charge in [-0.05, 0) is 54.5 Å². The molecule has 1 aliphatic rings. The van der Waals surface area contributed by atoms with Crippen LogP contribution in [0.25, 0.3) is 0 Å². The van der Waals surface area contributed by atoms with Crippen LogP contribution in [0.4, 0.5) is 0 Å². The molecule has 1 atom stereocenters. The molecule has 0 aliphatic heterocycles. The molecular formula is C18H20ClN. The van der Waals surface area contributed by atoms with Crippen molar-refractivity contribution in [3.63, 3.8) is 0 Å². The number of rotatable bonds is 3. The summed E-state index contributed by atoms with van der Waals surface area (Å²) in [5.74, 6) is 0. The van der Waals surface area contributed by atoms with E-state index < -0.39 is 0 Å². The van der Waals surface area contributed by atoms with Crippen LogP contribution in [0.15, 0.2) is 42.5 Å². The summed E-state index contributed by atoms with van der Waals surface area (Å²) in [4.78, 5) is 0. The summed E-state index contributed by atoms with van der Waals surface area (Å²) < 4.78 is 0. The first-order chi connectivity index (χ1) is 9.74. The highest BCUT2D eigenvalue weighted by molar-refractivity contribution is 6.31. The third-order valence-corrected chi connectivity index (χ3v) is 4.57. The van der Waals surface area contributed by atoms with Crippen LogP contribution in [0.1, 0.15) is 41.1 Å². The molecule has 20 heavy (non-hydrogen) atoms. The first kappa shape index (κ1) is 13.7. The van der Waals surface area contributed by atoms with Crippen molar-refractivity contribution < 1.29 is 0 Å². The van der Waals surface area contributed by atoms with Crippen molar-refractivity contribution in [2.45, 2.75) is 38.8 Å². The molecule has 1 N–H and O–H groups in total. The highest BCUT2D eigenvalue weighted by Gasteiger charge is 2.18. The van der Waals surface area contributed by atoms with Gasteiger partial charge in [-0.1, -0.05) is 48.0 Å². The first-order valence-corrected chi connectivity index (χ1v) is 7.68. The molecule has 0 bridgehead atoms. The molecule has 0 heterocycles. The molecular weight excluding hydrogens is 266 g/mol. The topological polar surface area (TPSA) is 12.0 Å². The number of hydrogen-bond acceptors (Lipinski definition) is 1. The molecule has 3 rings (SSSR count). The highest BCUT2D eigenvalue weighted by atomic mass is 35.5. The summed E-state index contributed by atoms with van der Waals surface area (Å²) in [6.07, 6.45) is 3.70. The van der Waals surface area contributed by atoms with E-state index in [1.54, 1.807) is 0 Å². The second-order valence-corrected chi connectivity index (χ2v) is 6.02. The minimum Gasteiger partial charge on any atom is -0.306 e. The normalized spacial score (nSPS) is 17.8. The number of aryl methyl sites for hydroxylation is 2. The van der Waals surface area contributed by atoms with Gasteiger partial charge < -0.3 is 5.32 Å². The van der Waals surface area contributed by atoms with Crippen molar-refractivity contribution in [3.8, 4) is 0 Å². The fraction of sp³-hybridized carbons (Fsp3) is 0.333. The highest BCUT2D eigenvalue weighted by Crippen LogP contribution is 2.29. The maximum atomic E-state index is 6.19. The van der Waals surface area contributed by atoms with Crippen LogP contribution in [0.2, 0.25) is 5.02 Å². The number of halogens is 1. The largest absolute Gasteiger partial charge is 0.306 e. The molecule has 0 saturated heterocycles.